The third-order valence-corrected chi connectivity index (χ3v) is 3.33. The van der Waals surface area contributed by atoms with E-state index in [0.29, 0.717) is 5.92 Å². The molecule has 0 N–H and O–H groups in total. The lowest BCUT2D eigenvalue weighted by Gasteiger charge is -2.26. The number of halogens is 1. The third-order valence-electron chi connectivity index (χ3n) is 0.978. The van der Waals surface area contributed by atoms with Gasteiger partial charge in [0.2, 0.25) is 0 Å². The second-order valence-corrected chi connectivity index (χ2v) is 3.73. The van der Waals surface area contributed by atoms with Gasteiger partial charge in [-0.1, -0.05) is 27.1 Å². The van der Waals surface area contributed by atoms with Crippen LogP contribution in [0.4, 0.5) is 0 Å². The Balaban J connectivity index is 2.06. The first-order valence-electron chi connectivity index (χ1n) is 2.11. The van der Waals surface area contributed by atoms with Crippen LogP contribution in [0.3, 0.4) is 0 Å². The van der Waals surface area contributed by atoms with Gasteiger partial charge in [-0.25, -0.2) is 0 Å². The zero-order chi connectivity index (χ0) is 5.28. The van der Waals surface area contributed by atoms with E-state index in [0.717, 1.165) is 11.5 Å². The molecule has 1 aliphatic heterocycles. The molecule has 1 fully saturated rings. The summed E-state index contributed by atoms with van der Waals surface area (Å²) < 4.78 is 10.3. The van der Waals surface area contributed by atoms with Crippen molar-refractivity contribution in [2.75, 3.05) is 11.5 Å². The van der Waals surface area contributed by atoms with Crippen LogP contribution < -0.4 is 0 Å². The summed E-state index contributed by atoms with van der Waals surface area (Å²) in [4.78, 5) is 0. The molecule has 0 bridgehead atoms. The van der Waals surface area contributed by atoms with Crippen molar-refractivity contribution in [3.8, 4) is 0 Å². The average Bonchev–Trinajstić information content (AvgIpc) is 1.58. The molecule has 0 aromatic heterocycles. The molecule has 1 aliphatic rings. The molecule has 1 nitrogen and oxygen atoms in total. The first-order valence-corrected chi connectivity index (χ1v) is 4.52. The second-order valence-electron chi connectivity index (χ2n) is 1.66. The standard InChI is InChI=1S/C4H6BrOS/c5-1-4-2-7(6)3-4/h1,4H,2-3H2. The van der Waals surface area contributed by atoms with E-state index >= 15 is 0 Å². The van der Waals surface area contributed by atoms with E-state index in [1.807, 2.05) is 5.33 Å². The van der Waals surface area contributed by atoms with Crippen LogP contribution in [0.25, 0.3) is 0 Å². The van der Waals surface area contributed by atoms with E-state index in [-0.39, 0.29) is 0 Å². The Morgan fingerprint density at radius 2 is 2.29 bits per heavy atom. The van der Waals surface area contributed by atoms with E-state index in [2.05, 4.69) is 15.9 Å². The summed E-state index contributed by atoms with van der Waals surface area (Å²) in [5.74, 6) is 2.32. The first-order chi connectivity index (χ1) is 3.33. The fraction of sp³-hybridized carbons (Fsp3) is 0.750. The molecule has 1 heterocycles. The topological polar surface area (TPSA) is 23.1 Å². The highest BCUT2D eigenvalue weighted by Gasteiger charge is 2.30. The predicted molar refractivity (Wildman–Crippen MR) is 34.6 cm³/mol. The Bertz CT molecular complexity index is 62.7. The van der Waals surface area contributed by atoms with Crippen molar-refractivity contribution < 1.29 is 4.55 Å². The summed E-state index contributed by atoms with van der Waals surface area (Å²) in [6, 6.07) is 0. The largest absolute Gasteiger partial charge is 0.616 e. The highest BCUT2D eigenvalue weighted by molar-refractivity contribution is 9.10. The molecule has 1 rings (SSSR count). The monoisotopic (exact) mass is 181 g/mol. The van der Waals surface area contributed by atoms with Gasteiger partial charge in [0.25, 0.3) is 0 Å². The maximum Gasteiger partial charge on any atom is 0.114 e. The van der Waals surface area contributed by atoms with Gasteiger partial charge in [-0.3, -0.25) is 0 Å². The summed E-state index contributed by atoms with van der Waals surface area (Å²) in [6.45, 7) is 0. The van der Waals surface area contributed by atoms with E-state index in [4.69, 9.17) is 0 Å². The second kappa shape index (κ2) is 2.37. The summed E-state index contributed by atoms with van der Waals surface area (Å²) in [6.07, 6.45) is 0. The van der Waals surface area contributed by atoms with E-state index in [9.17, 15) is 4.55 Å². The minimum absolute atomic E-state index is 0.483. The average molecular weight is 182 g/mol. The van der Waals surface area contributed by atoms with Crippen LogP contribution in [0.1, 0.15) is 0 Å². The maximum atomic E-state index is 10.3. The predicted octanol–water partition coefficient (Wildman–Crippen LogP) is 0.922. The van der Waals surface area contributed by atoms with Gasteiger partial charge < -0.3 is 4.55 Å². The lowest BCUT2D eigenvalue weighted by molar-refractivity contribution is 0.555. The Morgan fingerprint density at radius 1 is 1.71 bits per heavy atom. The molecule has 0 amide bonds. The van der Waals surface area contributed by atoms with E-state index < -0.39 is 11.2 Å². The van der Waals surface area contributed by atoms with Gasteiger partial charge in [-0.2, -0.15) is 0 Å². The van der Waals surface area contributed by atoms with Crippen LogP contribution in [-0.2, 0) is 11.2 Å². The van der Waals surface area contributed by atoms with Gasteiger partial charge >= 0.3 is 0 Å². The smallest absolute Gasteiger partial charge is 0.114 e. The van der Waals surface area contributed by atoms with Crippen molar-refractivity contribution >= 4 is 27.1 Å². The number of hydrogen-bond acceptors (Lipinski definition) is 1. The highest BCUT2D eigenvalue weighted by Crippen LogP contribution is 2.22. The molecule has 0 aromatic carbocycles. The van der Waals surface area contributed by atoms with Gasteiger partial charge in [0.05, 0.1) is 5.92 Å². The summed E-state index contributed by atoms with van der Waals surface area (Å²) in [5, 5.41) is 1.94. The van der Waals surface area contributed by atoms with Crippen molar-refractivity contribution in [2.24, 2.45) is 5.92 Å². The molecule has 0 aromatic rings. The van der Waals surface area contributed by atoms with Gasteiger partial charge in [-0.15, -0.1) is 0 Å². The molecule has 41 valence electrons. The zero-order valence-electron chi connectivity index (χ0n) is 3.76. The van der Waals surface area contributed by atoms with E-state index in [1.165, 1.54) is 0 Å². The van der Waals surface area contributed by atoms with Crippen molar-refractivity contribution in [1.29, 1.82) is 0 Å². The van der Waals surface area contributed by atoms with Crippen LogP contribution in [0.5, 0.6) is 0 Å². The van der Waals surface area contributed by atoms with Gasteiger partial charge in [0.1, 0.15) is 11.5 Å². The first kappa shape index (κ1) is 5.92. The molecular formula is C4H6BrOS. The molecule has 0 aliphatic carbocycles. The number of hydrogen-bond donors (Lipinski definition) is 0. The summed E-state index contributed by atoms with van der Waals surface area (Å²) >= 11 is 2.71. The molecule has 1 radical (unpaired) electrons. The summed E-state index contributed by atoms with van der Waals surface area (Å²) in [5.41, 5.74) is 0. The normalized spacial score (nSPS) is 40.3. The molecular weight excluding hydrogens is 176 g/mol. The fourth-order valence-electron chi connectivity index (χ4n) is 0.501. The Kier molecular flexibility index (Phi) is 2.01. The van der Waals surface area contributed by atoms with Crippen molar-refractivity contribution in [3.63, 3.8) is 0 Å². The van der Waals surface area contributed by atoms with Crippen molar-refractivity contribution in [3.05, 3.63) is 5.33 Å². The molecule has 0 atom stereocenters. The molecule has 0 unspecified atom stereocenters. The molecule has 0 spiro atoms. The minimum atomic E-state index is -0.483. The van der Waals surface area contributed by atoms with Crippen LogP contribution in [0.2, 0.25) is 0 Å². The van der Waals surface area contributed by atoms with Crippen LogP contribution in [-0.4, -0.2) is 16.1 Å². The molecule has 1 saturated heterocycles. The highest BCUT2D eigenvalue weighted by atomic mass is 79.9. The zero-order valence-corrected chi connectivity index (χ0v) is 6.17. The summed E-state index contributed by atoms with van der Waals surface area (Å²) in [7, 11) is 0. The lowest BCUT2D eigenvalue weighted by atomic mass is 10.2. The van der Waals surface area contributed by atoms with Crippen LogP contribution in [0, 0.1) is 11.2 Å². The lowest BCUT2D eigenvalue weighted by Crippen LogP contribution is -2.35. The quantitative estimate of drug-likeness (QED) is 0.553. The molecule has 0 saturated carbocycles. The van der Waals surface area contributed by atoms with Gasteiger partial charge in [0, 0.05) is 5.33 Å². The molecule has 7 heavy (non-hydrogen) atoms. The number of rotatable bonds is 1. The maximum absolute atomic E-state index is 10.3. The third kappa shape index (κ3) is 1.34. The molecule has 3 heteroatoms. The Labute approximate surface area is 54.8 Å². The fourth-order valence-corrected chi connectivity index (χ4v) is 2.42. The van der Waals surface area contributed by atoms with Crippen LogP contribution >= 0.6 is 15.9 Å². The minimum Gasteiger partial charge on any atom is -0.616 e. The van der Waals surface area contributed by atoms with E-state index in [1.54, 1.807) is 0 Å². The van der Waals surface area contributed by atoms with Crippen molar-refractivity contribution in [2.45, 2.75) is 0 Å². The van der Waals surface area contributed by atoms with Crippen LogP contribution in [0.15, 0.2) is 0 Å². The Morgan fingerprint density at radius 3 is 2.43 bits per heavy atom. The van der Waals surface area contributed by atoms with Gasteiger partial charge in [-0.05, 0) is 0 Å². The SMILES string of the molecule is [O-][S+]1CC([CH]Br)C1. The van der Waals surface area contributed by atoms with Crippen molar-refractivity contribution in [1.82, 2.24) is 0 Å². The van der Waals surface area contributed by atoms with Gasteiger partial charge in [0.15, 0.2) is 0 Å². The Hall–Kier alpha value is 0.790.